The average molecular weight is 326 g/mol. The van der Waals surface area contributed by atoms with Gasteiger partial charge in [0.25, 0.3) is 0 Å². The van der Waals surface area contributed by atoms with Crippen LogP contribution in [0.1, 0.15) is 18.9 Å². The lowest BCUT2D eigenvalue weighted by Crippen LogP contribution is -2.45. The molecule has 1 aliphatic rings. The Bertz CT molecular complexity index is 562. The van der Waals surface area contributed by atoms with E-state index < -0.39 is 10.0 Å². The van der Waals surface area contributed by atoms with Gasteiger partial charge < -0.3 is 10.0 Å². The Morgan fingerprint density at radius 1 is 1.32 bits per heavy atom. The molecular weight excluding hydrogens is 300 g/mol. The van der Waals surface area contributed by atoms with Gasteiger partial charge in [-0.2, -0.15) is 4.31 Å². The van der Waals surface area contributed by atoms with Crippen LogP contribution in [0.4, 0.5) is 0 Å². The van der Waals surface area contributed by atoms with E-state index >= 15 is 0 Å². The molecule has 1 fully saturated rings. The predicted molar refractivity (Wildman–Crippen MR) is 87.9 cm³/mol. The molecule has 6 heteroatoms. The first-order valence-electron chi connectivity index (χ1n) is 7.75. The quantitative estimate of drug-likeness (QED) is 0.852. The van der Waals surface area contributed by atoms with Crippen molar-refractivity contribution in [1.82, 2.24) is 9.21 Å². The van der Waals surface area contributed by atoms with Crippen molar-refractivity contribution in [2.75, 3.05) is 32.4 Å². The smallest absolute Gasteiger partial charge is 0.211 e. The molecule has 0 saturated carbocycles. The second-order valence-electron chi connectivity index (χ2n) is 6.22. The second-order valence-corrected chi connectivity index (χ2v) is 8.20. The maximum absolute atomic E-state index is 12.0. The number of hydrogen-bond acceptors (Lipinski definition) is 4. The Hall–Kier alpha value is -0.950. The molecule has 0 spiro atoms. The lowest BCUT2D eigenvalue weighted by Gasteiger charge is -2.35. The van der Waals surface area contributed by atoms with E-state index in [0.717, 1.165) is 25.1 Å². The predicted octanol–water partition coefficient (Wildman–Crippen LogP) is 1.15. The minimum atomic E-state index is -3.23. The second kappa shape index (κ2) is 7.55. The summed E-state index contributed by atoms with van der Waals surface area (Å²) in [7, 11) is -3.23. The summed E-state index contributed by atoms with van der Waals surface area (Å²) in [4.78, 5) is 2.24. The molecule has 0 unspecified atom stereocenters. The summed E-state index contributed by atoms with van der Waals surface area (Å²) >= 11 is 0. The molecule has 0 bridgehead atoms. The van der Waals surface area contributed by atoms with Crippen molar-refractivity contribution in [3.8, 4) is 0 Å². The zero-order valence-electron chi connectivity index (χ0n) is 13.4. The molecule has 1 N–H and O–H groups in total. The average Bonchev–Trinajstić information content (AvgIpc) is 2.47. The summed E-state index contributed by atoms with van der Waals surface area (Å²) < 4.78 is 25.5. The van der Waals surface area contributed by atoms with Crippen LogP contribution >= 0.6 is 0 Å². The number of nitrogens with zero attached hydrogens (tertiary/aromatic N) is 2. The van der Waals surface area contributed by atoms with E-state index in [-0.39, 0.29) is 12.0 Å². The van der Waals surface area contributed by atoms with Gasteiger partial charge in [0.15, 0.2) is 0 Å². The minimum Gasteiger partial charge on any atom is -0.393 e. The highest BCUT2D eigenvalue weighted by Crippen LogP contribution is 2.17. The molecule has 124 valence electrons. The van der Waals surface area contributed by atoms with Crippen LogP contribution in [0.5, 0.6) is 0 Å². The van der Waals surface area contributed by atoms with Crippen molar-refractivity contribution >= 4 is 10.0 Å². The molecule has 1 heterocycles. The maximum Gasteiger partial charge on any atom is 0.211 e. The van der Waals surface area contributed by atoms with Crippen LogP contribution in [0.3, 0.4) is 0 Å². The van der Waals surface area contributed by atoms with E-state index in [1.54, 1.807) is 0 Å². The first-order valence-corrected chi connectivity index (χ1v) is 9.60. The zero-order valence-corrected chi connectivity index (χ0v) is 14.2. The molecule has 1 saturated heterocycles. The van der Waals surface area contributed by atoms with E-state index in [4.69, 9.17) is 0 Å². The molecule has 0 amide bonds. The fourth-order valence-electron chi connectivity index (χ4n) is 2.82. The fraction of sp³-hybridized carbons (Fsp3) is 0.625. The molecular formula is C16H26N2O3S. The van der Waals surface area contributed by atoms with E-state index in [2.05, 4.69) is 4.90 Å². The summed E-state index contributed by atoms with van der Waals surface area (Å²) in [6, 6.07) is 9.65. The van der Waals surface area contributed by atoms with Crippen molar-refractivity contribution < 1.29 is 13.5 Å². The number of piperidine rings is 1. The normalized spacial score (nSPS) is 23.8. The highest BCUT2D eigenvalue weighted by Gasteiger charge is 2.25. The van der Waals surface area contributed by atoms with Crippen LogP contribution < -0.4 is 0 Å². The fourth-order valence-corrected chi connectivity index (χ4v) is 3.62. The molecule has 2 rings (SSSR count). The summed E-state index contributed by atoms with van der Waals surface area (Å²) in [5.74, 6) is 0.245. The Labute approximate surface area is 133 Å². The Kier molecular flexibility index (Phi) is 5.97. The number of aliphatic hydroxyl groups excluding tert-OH is 1. The third-order valence-corrected chi connectivity index (χ3v) is 5.53. The maximum atomic E-state index is 12.0. The van der Waals surface area contributed by atoms with Crippen LogP contribution in [-0.2, 0) is 16.6 Å². The van der Waals surface area contributed by atoms with Crippen LogP contribution in [-0.4, -0.2) is 61.3 Å². The first-order chi connectivity index (χ1) is 10.4. The molecule has 0 aromatic heterocycles. The standard InChI is InChI=1S/C16H26N2O3S/c1-14-12-17(9-8-16(14)19)10-11-18(22(2,20)21)13-15-6-4-3-5-7-15/h3-7,14,16,19H,8-13H2,1-2H3/t14-,16-/m1/s1. The summed E-state index contributed by atoms with van der Waals surface area (Å²) in [6.07, 6.45) is 1.80. The topological polar surface area (TPSA) is 60.9 Å². The molecule has 1 aromatic rings. The SMILES string of the molecule is C[C@@H]1CN(CCN(Cc2ccccc2)S(C)(=O)=O)CC[C@H]1O. The van der Waals surface area contributed by atoms with E-state index in [0.29, 0.717) is 19.6 Å². The van der Waals surface area contributed by atoms with Gasteiger partial charge >= 0.3 is 0 Å². The molecule has 0 aliphatic carbocycles. The lowest BCUT2D eigenvalue weighted by molar-refractivity contribution is 0.0337. The monoisotopic (exact) mass is 326 g/mol. The van der Waals surface area contributed by atoms with Crippen molar-refractivity contribution in [2.45, 2.75) is 26.0 Å². The molecule has 1 aromatic carbocycles. The molecule has 0 radical (unpaired) electrons. The summed E-state index contributed by atoms with van der Waals surface area (Å²) in [6.45, 7) is 5.28. The Morgan fingerprint density at radius 3 is 2.59 bits per heavy atom. The zero-order chi connectivity index (χ0) is 16.2. The number of rotatable bonds is 6. The number of sulfonamides is 1. The Morgan fingerprint density at radius 2 is 2.00 bits per heavy atom. The Balaban J connectivity index is 1.94. The molecule has 22 heavy (non-hydrogen) atoms. The van der Waals surface area contributed by atoms with E-state index in [1.807, 2.05) is 37.3 Å². The summed E-state index contributed by atoms with van der Waals surface area (Å²) in [5.41, 5.74) is 0.996. The number of benzene rings is 1. The first kappa shape index (κ1) is 17.4. The van der Waals surface area contributed by atoms with Crippen molar-refractivity contribution in [3.63, 3.8) is 0 Å². The van der Waals surface area contributed by atoms with Gasteiger partial charge in [0.2, 0.25) is 10.0 Å². The number of likely N-dealkylation sites (tertiary alicyclic amines) is 1. The van der Waals surface area contributed by atoms with Gasteiger partial charge in [-0.1, -0.05) is 37.3 Å². The van der Waals surface area contributed by atoms with E-state index in [1.165, 1.54) is 10.6 Å². The third kappa shape index (κ3) is 5.05. The lowest BCUT2D eigenvalue weighted by atomic mass is 9.97. The largest absolute Gasteiger partial charge is 0.393 e. The van der Waals surface area contributed by atoms with Gasteiger partial charge in [0.05, 0.1) is 12.4 Å². The van der Waals surface area contributed by atoms with Crippen LogP contribution in [0.25, 0.3) is 0 Å². The summed E-state index contributed by atoms with van der Waals surface area (Å²) in [5, 5.41) is 9.76. The molecule has 1 aliphatic heterocycles. The molecule has 5 nitrogen and oxygen atoms in total. The molecule has 2 atom stereocenters. The van der Waals surface area contributed by atoms with Gasteiger partial charge in [-0.05, 0) is 17.9 Å². The van der Waals surface area contributed by atoms with Gasteiger partial charge in [-0.15, -0.1) is 0 Å². The highest BCUT2D eigenvalue weighted by atomic mass is 32.2. The highest BCUT2D eigenvalue weighted by molar-refractivity contribution is 7.88. The van der Waals surface area contributed by atoms with Crippen LogP contribution in [0, 0.1) is 5.92 Å². The van der Waals surface area contributed by atoms with Gasteiger partial charge in [0, 0.05) is 32.7 Å². The van der Waals surface area contributed by atoms with Crippen molar-refractivity contribution in [3.05, 3.63) is 35.9 Å². The van der Waals surface area contributed by atoms with E-state index in [9.17, 15) is 13.5 Å². The van der Waals surface area contributed by atoms with Crippen LogP contribution in [0.2, 0.25) is 0 Å². The minimum absolute atomic E-state index is 0.230. The van der Waals surface area contributed by atoms with Crippen molar-refractivity contribution in [1.29, 1.82) is 0 Å². The van der Waals surface area contributed by atoms with Crippen molar-refractivity contribution in [2.24, 2.45) is 5.92 Å². The van der Waals surface area contributed by atoms with Crippen LogP contribution in [0.15, 0.2) is 30.3 Å². The number of hydrogen-bond donors (Lipinski definition) is 1. The van der Waals surface area contributed by atoms with Gasteiger partial charge in [-0.25, -0.2) is 8.42 Å². The van der Waals surface area contributed by atoms with Gasteiger partial charge in [0.1, 0.15) is 0 Å². The number of aliphatic hydroxyl groups is 1. The third-order valence-electron chi connectivity index (χ3n) is 4.28. The van der Waals surface area contributed by atoms with Gasteiger partial charge in [-0.3, -0.25) is 0 Å².